The fraction of sp³-hybridized carbons (Fsp3) is 0.706. The summed E-state index contributed by atoms with van der Waals surface area (Å²) in [6.45, 7) is 6.94. The van der Waals surface area contributed by atoms with Crippen LogP contribution in [0.25, 0.3) is 0 Å². The van der Waals surface area contributed by atoms with Crippen molar-refractivity contribution in [1.29, 1.82) is 0 Å². The van der Waals surface area contributed by atoms with Gasteiger partial charge in [-0.25, -0.2) is 13.2 Å². The molecule has 27 heavy (non-hydrogen) atoms. The van der Waals surface area contributed by atoms with E-state index in [2.05, 4.69) is 15.5 Å². The number of likely N-dealkylation sites (tertiary alicyclic amines) is 1. The lowest BCUT2D eigenvalue weighted by Gasteiger charge is -2.25. The van der Waals surface area contributed by atoms with E-state index in [-0.39, 0.29) is 22.2 Å². The summed E-state index contributed by atoms with van der Waals surface area (Å²) in [6, 6.07) is 1.58. The zero-order valence-electron chi connectivity index (χ0n) is 15.9. The molecular formula is C17H25ClN4O4S. The van der Waals surface area contributed by atoms with Crippen molar-refractivity contribution in [3.05, 3.63) is 11.2 Å². The number of sulfone groups is 1. The molecule has 1 saturated heterocycles. The number of hydrogen-bond donors (Lipinski definition) is 1. The molecule has 1 saturated carbocycles. The second kappa shape index (κ2) is 7.09. The minimum Gasteiger partial charge on any atom is -0.444 e. The maximum atomic E-state index is 12.2. The number of ether oxygens (including phenoxy) is 1. The molecule has 0 spiro atoms. The molecule has 2 aliphatic rings. The Morgan fingerprint density at radius 1 is 1.26 bits per heavy atom. The summed E-state index contributed by atoms with van der Waals surface area (Å²) in [4.78, 5) is 14.0. The Morgan fingerprint density at radius 3 is 2.37 bits per heavy atom. The monoisotopic (exact) mass is 416 g/mol. The highest BCUT2D eigenvalue weighted by molar-refractivity contribution is 7.90. The number of anilines is 1. The van der Waals surface area contributed by atoms with E-state index in [0.29, 0.717) is 30.7 Å². The molecule has 3 atom stereocenters. The van der Waals surface area contributed by atoms with Gasteiger partial charge in [0, 0.05) is 31.5 Å². The van der Waals surface area contributed by atoms with Crippen LogP contribution in [0.4, 0.5) is 10.6 Å². The molecule has 150 valence electrons. The summed E-state index contributed by atoms with van der Waals surface area (Å²) in [5.74, 6) is 1.18. The van der Waals surface area contributed by atoms with Gasteiger partial charge < -0.3 is 15.0 Å². The highest BCUT2D eigenvalue weighted by atomic mass is 35.5. The molecule has 8 nitrogen and oxygen atoms in total. The van der Waals surface area contributed by atoms with Crippen LogP contribution in [0.1, 0.15) is 33.6 Å². The Hall–Kier alpha value is -1.61. The standard InChI is InChI=1S/C17H25ClN4O4S/c1-17(2,3)26-16(23)22-8-10-5-12(6-11(10)9-22)19-14-7-13(27(4,24)25)15(18)21-20-14/h7,10-12H,5-6,8-9H2,1-4H3,(H,19,20)/t10-,11+,12?. The minimum absolute atomic E-state index is 0.0315. The summed E-state index contributed by atoms with van der Waals surface area (Å²) in [7, 11) is -3.47. The lowest BCUT2D eigenvalue weighted by atomic mass is 10.0. The number of halogens is 1. The van der Waals surface area contributed by atoms with Crippen molar-refractivity contribution in [1.82, 2.24) is 15.1 Å². The van der Waals surface area contributed by atoms with E-state index in [0.717, 1.165) is 19.1 Å². The Kier molecular flexibility index (Phi) is 5.28. The van der Waals surface area contributed by atoms with Crippen LogP contribution in [-0.2, 0) is 14.6 Å². The third-order valence-electron chi connectivity index (χ3n) is 4.87. The van der Waals surface area contributed by atoms with Gasteiger partial charge in [0.05, 0.1) is 0 Å². The van der Waals surface area contributed by atoms with Gasteiger partial charge >= 0.3 is 6.09 Å². The minimum atomic E-state index is -3.47. The van der Waals surface area contributed by atoms with Crippen molar-refractivity contribution in [2.45, 2.75) is 50.2 Å². The molecule has 1 aromatic heterocycles. The van der Waals surface area contributed by atoms with E-state index in [1.807, 2.05) is 20.8 Å². The van der Waals surface area contributed by atoms with Crippen LogP contribution in [0.15, 0.2) is 11.0 Å². The van der Waals surface area contributed by atoms with Crippen molar-refractivity contribution in [2.75, 3.05) is 24.7 Å². The van der Waals surface area contributed by atoms with Gasteiger partial charge in [-0.1, -0.05) is 11.6 Å². The molecule has 1 unspecified atom stereocenters. The summed E-state index contributed by atoms with van der Waals surface area (Å²) in [5, 5.41) is 10.8. The molecule has 1 aliphatic carbocycles. The van der Waals surface area contributed by atoms with E-state index in [1.165, 1.54) is 6.07 Å². The fourth-order valence-corrected chi connectivity index (χ4v) is 4.98. The Bertz CT molecular complexity index is 826. The van der Waals surface area contributed by atoms with Gasteiger partial charge in [-0.3, -0.25) is 0 Å². The average molecular weight is 417 g/mol. The molecule has 10 heteroatoms. The van der Waals surface area contributed by atoms with Crippen LogP contribution in [0.5, 0.6) is 0 Å². The van der Waals surface area contributed by atoms with E-state index in [1.54, 1.807) is 4.90 Å². The maximum Gasteiger partial charge on any atom is 0.410 e. The number of hydrogen-bond acceptors (Lipinski definition) is 7. The number of carbonyl (C=O) groups is 1. The first-order valence-electron chi connectivity index (χ1n) is 8.90. The van der Waals surface area contributed by atoms with Gasteiger partial charge in [0.15, 0.2) is 15.0 Å². The second-order valence-corrected chi connectivity index (χ2v) is 10.7. The van der Waals surface area contributed by atoms with Crippen LogP contribution in [0.3, 0.4) is 0 Å². The Morgan fingerprint density at radius 2 is 1.85 bits per heavy atom. The predicted molar refractivity (Wildman–Crippen MR) is 102 cm³/mol. The Balaban J connectivity index is 1.59. The molecule has 0 bridgehead atoms. The van der Waals surface area contributed by atoms with Gasteiger partial charge in [-0.05, 0) is 45.4 Å². The van der Waals surface area contributed by atoms with Crippen LogP contribution in [0.2, 0.25) is 5.15 Å². The van der Waals surface area contributed by atoms with E-state index in [4.69, 9.17) is 16.3 Å². The first-order valence-corrected chi connectivity index (χ1v) is 11.2. The van der Waals surface area contributed by atoms with Crippen molar-refractivity contribution >= 4 is 33.3 Å². The first-order chi connectivity index (χ1) is 12.4. The van der Waals surface area contributed by atoms with Gasteiger partial charge in [0.1, 0.15) is 16.3 Å². The Labute approximate surface area is 164 Å². The molecular weight excluding hydrogens is 392 g/mol. The average Bonchev–Trinajstić information content (AvgIpc) is 3.04. The number of carbonyl (C=O) groups excluding carboxylic acids is 1. The zero-order chi connectivity index (χ0) is 20.0. The number of rotatable bonds is 3. The third-order valence-corrected chi connectivity index (χ3v) is 6.37. The molecule has 2 fully saturated rings. The molecule has 0 radical (unpaired) electrons. The normalized spacial score (nSPS) is 25.4. The number of fused-ring (bicyclic) bond motifs is 1. The summed E-state index contributed by atoms with van der Waals surface area (Å²) in [6.07, 6.45) is 2.58. The summed E-state index contributed by atoms with van der Waals surface area (Å²) < 4.78 is 29.0. The molecule has 1 amide bonds. The second-order valence-electron chi connectivity index (χ2n) is 8.37. The fourth-order valence-electron chi connectivity index (χ4n) is 3.79. The van der Waals surface area contributed by atoms with Gasteiger partial charge in [-0.15, -0.1) is 10.2 Å². The van der Waals surface area contributed by atoms with Crippen LogP contribution in [-0.4, -0.2) is 60.6 Å². The zero-order valence-corrected chi connectivity index (χ0v) is 17.5. The maximum absolute atomic E-state index is 12.2. The lowest BCUT2D eigenvalue weighted by Crippen LogP contribution is -2.36. The molecule has 2 heterocycles. The van der Waals surface area contributed by atoms with Gasteiger partial charge in [0.25, 0.3) is 0 Å². The highest BCUT2D eigenvalue weighted by Crippen LogP contribution is 2.39. The van der Waals surface area contributed by atoms with Crippen molar-refractivity contribution in [2.24, 2.45) is 11.8 Å². The topological polar surface area (TPSA) is 101 Å². The smallest absolute Gasteiger partial charge is 0.410 e. The molecule has 1 aliphatic heterocycles. The molecule has 0 aromatic carbocycles. The van der Waals surface area contributed by atoms with E-state index >= 15 is 0 Å². The molecule has 1 aromatic rings. The number of nitrogens with one attached hydrogen (secondary N) is 1. The van der Waals surface area contributed by atoms with E-state index in [9.17, 15) is 13.2 Å². The number of amides is 1. The van der Waals surface area contributed by atoms with Gasteiger partial charge in [-0.2, -0.15) is 0 Å². The quantitative estimate of drug-likeness (QED) is 0.807. The highest BCUT2D eigenvalue weighted by Gasteiger charge is 2.43. The lowest BCUT2D eigenvalue weighted by molar-refractivity contribution is 0.0280. The SMILES string of the molecule is CC(C)(C)OC(=O)N1C[C@H]2CC(Nc3cc(S(C)(=O)=O)c(Cl)nn3)C[C@H]2C1. The number of nitrogens with zero attached hydrogens (tertiary/aromatic N) is 3. The summed E-state index contributed by atoms with van der Waals surface area (Å²) in [5.41, 5.74) is -0.497. The third kappa shape index (κ3) is 4.82. The molecule has 3 rings (SSSR count). The van der Waals surface area contributed by atoms with Gasteiger partial charge in [0.2, 0.25) is 0 Å². The van der Waals surface area contributed by atoms with Crippen molar-refractivity contribution in [3.63, 3.8) is 0 Å². The van der Waals surface area contributed by atoms with Crippen LogP contribution < -0.4 is 5.32 Å². The summed E-state index contributed by atoms with van der Waals surface area (Å²) >= 11 is 5.84. The van der Waals surface area contributed by atoms with Crippen LogP contribution in [0, 0.1) is 11.8 Å². The first kappa shape index (κ1) is 20.1. The molecule has 1 N–H and O–H groups in total. The largest absolute Gasteiger partial charge is 0.444 e. The van der Waals surface area contributed by atoms with Crippen LogP contribution >= 0.6 is 11.6 Å². The van der Waals surface area contributed by atoms with E-state index < -0.39 is 15.4 Å². The van der Waals surface area contributed by atoms with Crippen molar-refractivity contribution in [3.8, 4) is 0 Å². The predicted octanol–water partition coefficient (Wildman–Crippen LogP) is 2.59. The van der Waals surface area contributed by atoms with Crippen molar-refractivity contribution < 1.29 is 17.9 Å². The number of aromatic nitrogens is 2.